The van der Waals surface area contributed by atoms with Gasteiger partial charge in [0.2, 0.25) is 17.5 Å². The van der Waals surface area contributed by atoms with Crippen molar-refractivity contribution in [2.45, 2.75) is 41.3 Å². The summed E-state index contributed by atoms with van der Waals surface area (Å²) < 4.78 is 75.2. The van der Waals surface area contributed by atoms with E-state index in [1.807, 2.05) is 23.1 Å². The molecular weight excluding hydrogens is 503 g/mol. The fraction of sp³-hybridized carbons (Fsp3) is 0.571. The summed E-state index contributed by atoms with van der Waals surface area (Å²) in [6.45, 7) is 0.845. The van der Waals surface area contributed by atoms with E-state index in [-0.39, 0.29) is 18.9 Å². The minimum atomic E-state index is -4.28. The van der Waals surface area contributed by atoms with E-state index in [4.69, 9.17) is 26.7 Å². The molecule has 11 aliphatic heterocycles. The van der Waals surface area contributed by atoms with E-state index in [1.165, 1.54) is 0 Å². The summed E-state index contributed by atoms with van der Waals surface area (Å²) in [5, 5.41) is 0. The van der Waals surface area contributed by atoms with E-state index in [1.54, 1.807) is 17.0 Å². The molecule has 5 bridgehead atoms. The topological polar surface area (TPSA) is 130 Å². The standard InChI is InChI=1S/C21H17N2O10PS/c24-14-7-13-16-15-10(5-6-28-13)8-22-9-18(32-35(26,27)33-18)19-11-3-1-2-4-12(11)23(14)21(16,19)31-34(25)29-20(15,30-34)17(19)22/h1-5,13,15-17H,6-9H2/t13?,15-,16-,17-,19-,20?,21?,34?/m0/s1. The second-order valence-corrected chi connectivity index (χ2v) is 13.3. The molecule has 0 radical (unpaired) electrons. The number of benzene rings is 1. The molecule has 4 spiro atoms. The van der Waals surface area contributed by atoms with E-state index in [9.17, 15) is 17.8 Å². The van der Waals surface area contributed by atoms with E-state index in [0.29, 0.717) is 24.4 Å². The van der Waals surface area contributed by atoms with Crippen molar-refractivity contribution < 1.29 is 44.5 Å². The number of hydrogen-bond acceptors (Lipinski definition) is 11. The van der Waals surface area contributed by atoms with Crippen LogP contribution in [0.4, 0.5) is 5.69 Å². The summed E-state index contributed by atoms with van der Waals surface area (Å²) in [6, 6.07) is 6.55. The number of amides is 1. The van der Waals surface area contributed by atoms with Crippen LogP contribution in [-0.2, 0) is 51.8 Å². The summed E-state index contributed by atoms with van der Waals surface area (Å²) in [4.78, 5) is 17.4. The van der Waals surface area contributed by atoms with Gasteiger partial charge in [0.25, 0.3) is 0 Å². The Morgan fingerprint density at radius 2 is 1.91 bits per heavy atom. The van der Waals surface area contributed by atoms with Gasteiger partial charge in [0.05, 0.1) is 37.4 Å². The summed E-state index contributed by atoms with van der Waals surface area (Å²) in [5.74, 6) is -4.39. The lowest BCUT2D eigenvalue weighted by molar-refractivity contribution is -0.324. The summed E-state index contributed by atoms with van der Waals surface area (Å²) in [7, 11) is -8.38. The number of carbonyl (C=O) groups is 1. The molecule has 11 heterocycles. The highest BCUT2D eigenvalue weighted by molar-refractivity contribution is 7.82. The first-order valence-electron chi connectivity index (χ1n) is 11.6. The molecule has 1 aliphatic carbocycles. The van der Waals surface area contributed by atoms with Gasteiger partial charge < -0.3 is 4.74 Å². The Bertz CT molecular complexity index is 1510. The Morgan fingerprint density at radius 1 is 1.11 bits per heavy atom. The molecule has 2 unspecified atom stereocenters. The van der Waals surface area contributed by atoms with Gasteiger partial charge in [0, 0.05) is 18.4 Å². The van der Waals surface area contributed by atoms with Crippen molar-refractivity contribution in [3.8, 4) is 0 Å². The first-order valence-corrected chi connectivity index (χ1v) is 14.4. The summed E-state index contributed by atoms with van der Waals surface area (Å²) in [6.07, 6.45) is 1.45. The zero-order valence-electron chi connectivity index (χ0n) is 17.9. The van der Waals surface area contributed by atoms with Gasteiger partial charge in [-0.3, -0.25) is 28.2 Å². The molecule has 1 amide bonds. The maximum atomic E-state index is 13.9. The fourth-order valence-corrected chi connectivity index (χ4v) is 12.1. The zero-order valence-corrected chi connectivity index (χ0v) is 19.6. The zero-order chi connectivity index (χ0) is 23.4. The number of carbonyl (C=O) groups excluding carboxylic acids is 1. The number of fused-ring (bicyclic) bond motifs is 2. The van der Waals surface area contributed by atoms with Crippen LogP contribution in [0.5, 0.6) is 0 Å². The highest BCUT2D eigenvalue weighted by Gasteiger charge is 3.00. The minimum Gasteiger partial charge on any atom is -0.373 e. The smallest absolute Gasteiger partial charge is 0.373 e. The van der Waals surface area contributed by atoms with Crippen LogP contribution in [0, 0.1) is 11.8 Å². The molecule has 1 aromatic rings. The van der Waals surface area contributed by atoms with Gasteiger partial charge in [-0.15, -0.1) is 0 Å². The third kappa shape index (κ3) is 1.60. The van der Waals surface area contributed by atoms with Crippen molar-refractivity contribution in [3.05, 3.63) is 41.5 Å². The molecule has 182 valence electrons. The molecule has 0 N–H and O–H groups in total. The monoisotopic (exact) mass is 520 g/mol. The Labute approximate surface area is 198 Å². The molecule has 6 atom stereocenters. The van der Waals surface area contributed by atoms with Gasteiger partial charge in [0.15, 0.2) is 5.72 Å². The predicted octanol–water partition coefficient (Wildman–Crippen LogP) is 0.509. The number of hydrogen-bond donors (Lipinski definition) is 0. The van der Waals surface area contributed by atoms with Crippen molar-refractivity contribution >= 4 is 29.8 Å². The summed E-state index contributed by atoms with van der Waals surface area (Å²) >= 11 is 0. The van der Waals surface area contributed by atoms with Crippen LogP contribution < -0.4 is 4.90 Å². The number of ether oxygens (including phenoxy) is 1. The number of rotatable bonds is 0. The number of piperidine rings is 2. The third-order valence-electron chi connectivity index (χ3n) is 9.58. The molecule has 10 fully saturated rings. The average molecular weight is 520 g/mol. The SMILES string of the molecule is O=C1CC2OCC=C3CN4CC5(OS(=O)(=O)O5)[C@@]56c7ccccc7N1C51OP5(=O)OC(O5)([C@@H]46)[C@@H]3[C@H]21. The van der Waals surface area contributed by atoms with E-state index < -0.39 is 64.9 Å². The second kappa shape index (κ2) is 5.04. The molecule has 12 nitrogen and oxygen atoms in total. The van der Waals surface area contributed by atoms with Crippen LogP contribution in [0.2, 0.25) is 0 Å². The van der Waals surface area contributed by atoms with Gasteiger partial charge in [-0.1, -0.05) is 24.3 Å². The van der Waals surface area contributed by atoms with E-state index in [0.717, 1.165) is 5.57 Å². The van der Waals surface area contributed by atoms with Gasteiger partial charge >= 0.3 is 18.2 Å². The number of para-hydroxylation sites is 1. The van der Waals surface area contributed by atoms with E-state index >= 15 is 0 Å². The number of phosphoric ester groups is 1. The lowest BCUT2D eigenvalue weighted by atomic mass is 9.47. The van der Waals surface area contributed by atoms with Crippen LogP contribution in [0.15, 0.2) is 35.9 Å². The van der Waals surface area contributed by atoms with Gasteiger partial charge in [-0.05, 0) is 17.2 Å². The Morgan fingerprint density at radius 3 is 2.71 bits per heavy atom. The first-order chi connectivity index (χ1) is 16.7. The van der Waals surface area contributed by atoms with Crippen LogP contribution in [0.1, 0.15) is 12.0 Å². The van der Waals surface area contributed by atoms with Crippen molar-refractivity contribution in [2.75, 3.05) is 24.6 Å². The maximum Gasteiger partial charge on any atom is 0.482 e. The fourth-order valence-electron chi connectivity index (χ4n) is 9.20. The van der Waals surface area contributed by atoms with Crippen molar-refractivity contribution in [1.29, 1.82) is 0 Å². The molecule has 9 saturated heterocycles. The normalized spacial score (nSPS) is 53.9. The average Bonchev–Trinajstić information content (AvgIpc) is 2.91. The Kier molecular flexibility index (Phi) is 2.80. The van der Waals surface area contributed by atoms with Crippen LogP contribution in [0.3, 0.4) is 0 Å². The van der Waals surface area contributed by atoms with Crippen LogP contribution >= 0.6 is 7.82 Å². The Balaban J connectivity index is 1.43. The molecule has 14 heteroatoms. The highest BCUT2D eigenvalue weighted by atomic mass is 32.3. The van der Waals surface area contributed by atoms with Gasteiger partial charge in [0.1, 0.15) is 5.41 Å². The first kappa shape index (κ1) is 19.4. The molecule has 13 rings (SSSR count). The van der Waals surface area contributed by atoms with Gasteiger partial charge in [-0.25, -0.2) is 12.9 Å². The van der Waals surface area contributed by atoms with Crippen LogP contribution in [-0.4, -0.2) is 68.4 Å². The quantitative estimate of drug-likeness (QED) is 0.350. The molecule has 1 aromatic carbocycles. The Hall–Kier alpha value is -1.67. The molecular formula is C21H17N2O10PS. The lowest BCUT2D eigenvalue weighted by Gasteiger charge is -2.67. The predicted molar refractivity (Wildman–Crippen MR) is 111 cm³/mol. The molecule has 35 heavy (non-hydrogen) atoms. The number of phosphoric acid groups is 1. The lowest BCUT2D eigenvalue weighted by Crippen LogP contribution is -2.87. The minimum absolute atomic E-state index is 0.0689. The maximum absolute atomic E-state index is 13.9. The molecule has 12 aliphatic rings. The van der Waals surface area contributed by atoms with E-state index in [2.05, 4.69) is 0 Å². The van der Waals surface area contributed by atoms with Crippen molar-refractivity contribution in [3.63, 3.8) is 0 Å². The number of nitrogens with zero attached hydrogens (tertiary/aromatic N) is 2. The van der Waals surface area contributed by atoms with Gasteiger partial charge in [-0.2, -0.15) is 8.42 Å². The highest BCUT2D eigenvalue weighted by Crippen LogP contribution is 2.89. The summed E-state index contributed by atoms with van der Waals surface area (Å²) in [5.41, 5.74) is -0.965. The third-order valence-corrected chi connectivity index (χ3v) is 12.0. The molecule has 1 saturated carbocycles. The molecule has 0 aromatic heterocycles. The number of anilines is 1. The largest absolute Gasteiger partial charge is 0.482 e. The van der Waals surface area contributed by atoms with Crippen molar-refractivity contribution in [2.24, 2.45) is 11.8 Å². The second-order valence-electron chi connectivity index (χ2n) is 10.7. The van der Waals surface area contributed by atoms with Crippen LogP contribution in [0.25, 0.3) is 0 Å². The van der Waals surface area contributed by atoms with Crippen molar-refractivity contribution in [1.82, 2.24) is 4.90 Å².